The third kappa shape index (κ3) is 4.35. The maximum Gasteiger partial charge on any atom is 0.254 e. The van der Waals surface area contributed by atoms with Crippen molar-refractivity contribution in [2.45, 2.75) is 63.1 Å². The fourth-order valence-corrected chi connectivity index (χ4v) is 3.87. The Bertz CT molecular complexity index is 823. The van der Waals surface area contributed by atoms with Gasteiger partial charge in [-0.1, -0.05) is 31.0 Å². The van der Waals surface area contributed by atoms with Crippen molar-refractivity contribution in [3.63, 3.8) is 0 Å². The number of nitrogens with zero attached hydrogens (tertiary/aromatic N) is 3. The Hall–Kier alpha value is -2.09. The average molecular weight is 375 g/mol. The van der Waals surface area contributed by atoms with Crippen LogP contribution in [-0.4, -0.2) is 31.9 Å². The van der Waals surface area contributed by atoms with E-state index in [1.165, 1.54) is 31.0 Å². The summed E-state index contributed by atoms with van der Waals surface area (Å²) in [4.78, 5) is 31.6. The molecule has 8 heteroatoms. The highest BCUT2D eigenvalue weighted by Crippen LogP contribution is 2.29. The lowest BCUT2D eigenvalue weighted by molar-refractivity contribution is -0.116. The van der Waals surface area contributed by atoms with E-state index in [0.717, 1.165) is 18.7 Å². The molecule has 0 aromatic carbocycles. The number of aryl methyl sites for hydroxylation is 1. The molecule has 2 aromatic heterocycles. The number of hydrogen-bond donors (Lipinski definition) is 2. The quantitative estimate of drug-likeness (QED) is 0.598. The topological polar surface area (TPSA) is 92.7 Å². The zero-order valence-corrected chi connectivity index (χ0v) is 16.1. The predicted molar refractivity (Wildman–Crippen MR) is 103 cm³/mol. The average Bonchev–Trinajstić information content (AvgIpc) is 3.09. The van der Waals surface area contributed by atoms with Crippen molar-refractivity contribution in [2.75, 3.05) is 11.6 Å². The lowest BCUT2D eigenvalue weighted by Crippen LogP contribution is -2.22. The van der Waals surface area contributed by atoms with Gasteiger partial charge in [-0.3, -0.25) is 9.59 Å². The SMILES string of the molecule is CSc1nc(C)c(CCC(=O)Nc2ccnn2C2CCCCC2)c(=O)[nH]1. The molecule has 3 rings (SSSR count). The standard InChI is InChI=1S/C18H25N5O2S/c1-12-14(17(25)22-18(20-12)26-2)8-9-16(24)21-15-10-11-19-23(15)13-6-4-3-5-7-13/h10-11,13H,3-9H2,1-2H3,(H,21,24)(H,20,22,25). The van der Waals surface area contributed by atoms with Gasteiger partial charge in [0.2, 0.25) is 5.91 Å². The smallest absolute Gasteiger partial charge is 0.254 e. The maximum atomic E-state index is 12.4. The third-order valence-electron chi connectivity index (χ3n) is 4.85. The van der Waals surface area contributed by atoms with E-state index in [1.54, 1.807) is 13.1 Å². The summed E-state index contributed by atoms with van der Waals surface area (Å²) in [6, 6.07) is 2.20. The van der Waals surface area contributed by atoms with Gasteiger partial charge in [0, 0.05) is 23.7 Å². The van der Waals surface area contributed by atoms with Crippen molar-refractivity contribution in [1.82, 2.24) is 19.7 Å². The molecule has 0 aliphatic heterocycles. The fraction of sp³-hybridized carbons (Fsp3) is 0.556. The van der Waals surface area contributed by atoms with Crippen molar-refractivity contribution >= 4 is 23.5 Å². The molecule has 1 amide bonds. The molecule has 2 heterocycles. The largest absolute Gasteiger partial charge is 0.311 e. The molecule has 0 spiro atoms. The lowest BCUT2D eigenvalue weighted by Gasteiger charge is -2.23. The van der Waals surface area contributed by atoms with Gasteiger partial charge < -0.3 is 10.3 Å². The van der Waals surface area contributed by atoms with Crippen molar-refractivity contribution < 1.29 is 4.79 Å². The first-order valence-electron chi connectivity index (χ1n) is 9.05. The monoisotopic (exact) mass is 375 g/mol. The molecule has 2 N–H and O–H groups in total. The van der Waals surface area contributed by atoms with Gasteiger partial charge in [0.15, 0.2) is 5.16 Å². The Morgan fingerprint density at radius 3 is 2.85 bits per heavy atom. The van der Waals surface area contributed by atoms with E-state index in [2.05, 4.69) is 20.4 Å². The van der Waals surface area contributed by atoms with Gasteiger partial charge in [-0.25, -0.2) is 9.67 Å². The molecule has 1 aliphatic carbocycles. The number of nitrogens with one attached hydrogen (secondary N) is 2. The summed E-state index contributed by atoms with van der Waals surface area (Å²) in [5.41, 5.74) is 1.08. The third-order valence-corrected chi connectivity index (χ3v) is 5.43. The van der Waals surface area contributed by atoms with Crippen molar-refractivity contribution in [1.29, 1.82) is 0 Å². The minimum Gasteiger partial charge on any atom is -0.311 e. The number of hydrogen-bond acceptors (Lipinski definition) is 5. The number of carbonyl (C=O) groups is 1. The predicted octanol–water partition coefficient (Wildman–Crippen LogP) is 3.07. The van der Waals surface area contributed by atoms with E-state index < -0.39 is 0 Å². The molecule has 26 heavy (non-hydrogen) atoms. The molecule has 140 valence electrons. The van der Waals surface area contributed by atoms with Crippen LogP contribution in [-0.2, 0) is 11.2 Å². The Morgan fingerprint density at radius 2 is 2.15 bits per heavy atom. The van der Waals surface area contributed by atoms with Gasteiger partial charge in [0.25, 0.3) is 5.56 Å². The number of carbonyl (C=O) groups excluding carboxylic acids is 1. The number of rotatable bonds is 6. The summed E-state index contributed by atoms with van der Waals surface area (Å²) in [6.07, 6.45) is 10.1. The molecule has 1 aliphatic rings. The van der Waals surface area contributed by atoms with Gasteiger partial charge in [-0.2, -0.15) is 5.10 Å². The molecule has 0 bridgehead atoms. The Balaban J connectivity index is 1.62. The molecular formula is C18H25N5O2S. The summed E-state index contributed by atoms with van der Waals surface area (Å²) in [5.74, 6) is 0.624. The second-order valence-corrected chi connectivity index (χ2v) is 7.44. The van der Waals surface area contributed by atoms with E-state index in [-0.39, 0.29) is 17.9 Å². The van der Waals surface area contributed by atoms with Gasteiger partial charge in [-0.15, -0.1) is 0 Å². The molecule has 0 unspecified atom stereocenters. The van der Waals surface area contributed by atoms with E-state index in [9.17, 15) is 9.59 Å². The van der Waals surface area contributed by atoms with Crippen LogP contribution in [0.4, 0.5) is 5.82 Å². The van der Waals surface area contributed by atoms with Crippen LogP contribution in [0.25, 0.3) is 0 Å². The maximum absolute atomic E-state index is 12.4. The number of amides is 1. The Kier molecular flexibility index (Phi) is 6.13. The van der Waals surface area contributed by atoms with Crippen LogP contribution in [0.3, 0.4) is 0 Å². The highest BCUT2D eigenvalue weighted by molar-refractivity contribution is 7.98. The van der Waals surface area contributed by atoms with Gasteiger partial charge in [-0.05, 0) is 32.4 Å². The van der Waals surface area contributed by atoms with Crippen LogP contribution in [0.2, 0.25) is 0 Å². The molecule has 0 atom stereocenters. The van der Waals surface area contributed by atoms with Crippen LogP contribution in [0, 0.1) is 6.92 Å². The second kappa shape index (κ2) is 8.53. The normalized spacial score (nSPS) is 15.2. The van der Waals surface area contributed by atoms with Crippen molar-refractivity contribution in [3.05, 3.63) is 33.9 Å². The number of anilines is 1. The minimum atomic E-state index is -0.165. The van der Waals surface area contributed by atoms with Crippen LogP contribution in [0.15, 0.2) is 22.2 Å². The first kappa shape index (κ1) is 18.7. The van der Waals surface area contributed by atoms with Crippen LogP contribution < -0.4 is 10.9 Å². The molecular weight excluding hydrogens is 350 g/mol. The number of thioether (sulfide) groups is 1. The van der Waals surface area contributed by atoms with E-state index in [4.69, 9.17) is 0 Å². The van der Waals surface area contributed by atoms with Crippen molar-refractivity contribution in [2.24, 2.45) is 0 Å². The molecule has 0 saturated heterocycles. The van der Waals surface area contributed by atoms with Crippen molar-refractivity contribution in [3.8, 4) is 0 Å². The zero-order chi connectivity index (χ0) is 18.5. The summed E-state index contributed by atoms with van der Waals surface area (Å²) < 4.78 is 1.93. The summed E-state index contributed by atoms with van der Waals surface area (Å²) in [5, 5.41) is 7.93. The summed E-state index contributed by atoms with van der Waals surface area (Å²) in [7, 11) is 0. The Morgan fingerprint density at radius 1 is 1.38 bits per heavy atom. The van der Waals surface area contributed by atoms with Crippen LogP contribution in [0.1, 0.15) is 55.8 Å². The number of aromatic nitrogens is 4. The summed E-state index contributed by atoms with van der Waals surface area (Å²) in [6.45, 7) is 1.81. The van der Waals surface area contributed by atoms with Crippen LogP contribution >= 0.6 is 11.8 Å². The molecule has 7 nitrogen and oxygen atoms in total. The zero-order valence-electron chi connectivity index (χ0n) is 15.2. The van der Waals surface area contributed by atoms with E-state index >= 15 is 0 Å². The highest BCUT2D eigenvalue weighted by Gasteiger charge is 2.19. The molecule has 1 saturated carbocycles. The van der Waals surface area contributed by atoms with Gasteiger partial charge in [0.1, 0.15) is 5.82 Å². The van der Waals surface area contributed by atoms with E-state index in [1.807, 2.05) is 17.0 Å². The molecule has 2 aromatic rings. The lowest BCUT2D eigenvalue weighted by atomic mass is 9.96. The van der Waals surface area contributed by atoms with Gasteiger partial charge >= 0.3 is 0 Å². The first-order chi connectivity index (χ1) is 12.6. The first-order valence-corrected chi connectivity index (χ1v) is 10.3. The second-order valence-electron chi connectivity index (χ2n) is 6.64. The molecule has 1 fully saturated rings. The molecule has 0 radical (unpaired) electrons. The number of H-pyrrole nitrogens is 1. The number of aromatic amines is 1. The Labute approximate surface area is 157 Å². The summed E-state index contributed by atoms with van der Waals surface area (Å²) >= 11 is 1.39. The minimum absolute atomic E-state index is 0.115. The van der Waals surface area contributed by atoms with E-state index in [0.29, 0.717) is 28.9 Å². The highest BCUT2D eigenvalue weighted by atomic mass is 32.2. The fourth-order valence-electron chi connectivity index (χ4n) is 3.45. The van der Waals surface area contributed by atoms with Crippen LogP contribution in [0.5, 0.6) is 0 Å². The van der Waals surface area contributed by atoms with Gasteiger partial charge in [0.05, 0.1) is 12.2 Å².